The highest BCUT2D eigenvalue weighted by Gasteiger charge is 2.16. The second kappa shape index (κ2) is 8.31. The fourth-order valence-corrected chi connectivity index (χ4v) is 2.92. The van der Waals surface area contributed by atoms with Crippen LogP contribution in [-0.2, 0) is 4.79 Å². The largest absolute Gasteiger partial charge is 0.507 e. The van der Waals surface area contributed by atoms with Crippen LogP contribution >= 0.6 is 27.5 Å². The lowest BCUT2D eigenvalue weighted by Crippen LogP contribution is -2.15. The van der Waals surface area contributed by atoms with Gasteiger partial charge >= 0.3 is 0 Å². The maximum atomic E-state index is 11.0. The number of halogens is 2. The molecule has 0 bridgehead atoms. The van der Waals surface area contributed by atoms with Crippen molar-refractivity contribution in [1.29, 1.82) is 0 Å². The molecule has 3 N–H and O–H groups in total. The van der Waals surface area contributed by atoms with Gasteiger partial charge in [0, 0.05) is 33.1 Å². The Bertz CT molecular complexity index is 777. The molecule has 0 saturated carbocycles. The number of primary amides is 1. The van der Waals surface area contributed by atoms with Crippen LogP contribution in [0.15, 0.2) is 51.9 Å². The van der Waals surface area contributed by atoms with E-state index in [9.17, 15) is 9.90 Å². The molecule has 24 heavy (non-hydrogen) atoms. The predicted octanol–water partition coefficient (Wildman–Crippen LogP) is 4.30. The number of nitrogens with two attached hydrogens (primary N) is 1. The smallest absolute Gasteiger partial charge is 0.217 e. The van der Waals surface area contributed by atoms with Crippen LogP contribution in [-0.4, -0.2) is 22.8 Å². The van der Waals surface area contributed by atoms with Crippen molar-refractivity contribution in [2.75, 3.05) is 0 Å². The van der Waals surface area contributed by atoms with E-state index < -0.39 is 0 Å². The maximum Gasteiger partial charge on any atom is 0.217 e. The molecule has 0 fully saturated rings. The van der Waals surface area contributed by atoms with E-state index in [1.165, 1.54) is 6.07 Å². The minimum absolute atomic E-state index is 0.0935. The molecule has 2 aromatic rings. The molecule has 6 heteroatoms. The number of nitrogens with zero attached hydrogens (tertiary/aromatic N) is 1. The fraction of sp³-hybridized carbons (Fsp3) is 0.222. The molecular weight excluding hydrogens is 392 g/mol. The van der Waals surface area contributed by atoms with E-state index in [2.05, 4.69) is 15.9 Å². The van der Waals surface area contributed by atoms with E-state index in [4.69, 9.17) is 22.3 Å². The molecule has 0 radical (unpaired) electrons. The lowest BCUT2D eigenvalue weighted by molar-refractivity contribution is -0.118. The van der Waals surface area contributed by atoms with Crippen molar-refractivity contribution in [2.45, 2.75) is 25.8 Å². The lowest BCUT2D eigenvalue weighted by Gasteiger charge is -2.14. The van der Waals surface area contributed by atoms with E-state index in [0.29, 0.717) is 22.7 Å². The van der Waals surface area contributed by atoms with Crippen LogP contribution < -0.4 is 5.73 Å². The van der Waals surface area contributed by atoms with Crippen LogP contribution in [0.25, 0.3) is 0 Å². The van der Waals surface area contributed by atoms with Gasteiger partial charge in [-0.15, -0.1) is 0 Å². The number of carbonyl (C=O) groups excluding carboxylic acids is 1. The maximum absolute atomic E-state index is 11.0. The lowest BCUT2D eigenvalue weighted by atomic mass is 10.0. The first-order valence-corrected chi connectivity index (χ1v) is 8.65. The van der Waals surface area contributed by atoms with Gasteiger partial charge in [0.1, 0.15) is 5.75 Å². The van der Waals surface area contributed by atoms with Gasteiger partial charge < -0.3 is 10.8 Å². The van der Waals surface area contributed by atoms with Crippen LogP contribution in [0.3, 0.4) is 0 Å². The summed E-state index contributed by atoms with van der Waals surface area (Å²) >= 11 is 9.61. The number of aromatic hydroxyl groups is 1. The molecule has 2 rings (SSSR count). The monoisotopic (exact) mass is 408 g/mol. The molecule has 0 aliphatic rings. The molecule has 0 saturated heterocycles. The van der Waals surface area contributed by atoms with Gasteiger partial charge in [-0.25, -0.2) is 0 Å². The molecule has 4 nitrogen and oxygen atoms in total. The van der Waals surface area contributed by atoms with Crippen LogP contribution in [0.1, 0.15) is 30.9 Å². The normalized spacial score (nSPS) is 12.9. The number of aliphatic imine (C=N–C) groups is 1. The van der Waals surface area contributed by atoms with Crippen LogP contribution in [0, 0.1) is 0 Å². The van der Waals surface area contributed by atoms with Crippen molar-refractivity contribution in [2.24, 2.45) is 10.7 Å². The molecule has 126 valence electrons. The summed E-state index contributed by atoms with van der Waals surface area (Å²) in [5.74, 6) is -0.263. The minimum Gasteiger partial charge on any atom is -0.507 e. The summed E-state index contributed by atoms with van der Waals surface area (Å²) in [6, 6.07) is 12.3. The Morgan fingerprint density at radius 3 is 2.67 bits per heavy atom. The quantitative estimate of drug-likeness (QED) is 0.698. The van der Waals surface area contributed by atoms with Gasteiger partial charge in [0.25, 0.3) is 0 Å². The molecule has 1 unspecified atom stereocenters. The van der Waals surface area contributed by atoms with Gasteiger partial charge in [0.15, 0.2) is 0 Å². The SMILES string of the molecule is CC(CCC(N)=O)N=C(c1cc(Cl)ccc1O)c1ccccc1Br. The van der Waals surface area contributed by atoms with Crippen molar-refractivity contribution in [3.05, 3.63) is 63.1 Å². The van der Waals surface area contributed by atoms with Gasteiger partial charge in [-0.05, 0) is 37.6 Å². The molecule has 0 aromatic heterocycles. The molecule has 1 amide bonds. The van der Waals surface area contributed by atoms with Crippen molar-refractivity contribution in [1.82, 2.24) is 0 Å². The Balaban J connectivity index is 2.52. The molecule has 1 atom stereocenters. The van der Waals surface area contributed by atoms with Crippen molar-refractivity contribution < 1.29 is 9.90 Å². The third kappa shape index (κ3) is 4.82. The van der Waals surface area contributed by atoms with Crippen molar-refractivity contribution in [3.8, 4) is 5.75 Å². The second-order valence-corrected chi connectivity index (χ2v) is 6.76. The van der Waals surface area contributed by atoms with E-state index in [-0.39, 0.29) is 24.1 Å². The van der Waals surface area contributed by atoms with E-state index in [1.54, 1.807) is 12.1 Å². The summed E-state index contributed by atoms with van der Waals surface area (Å²) in [6.45, 7) is 1.90. The number of phenols is 1. The fourth-order valence-electron chi connectivity index (χ4n) is 2.27. The van der Waals surface area contributed by atoms with E-state index >= 15 is 0 Å². The highest BCUT2D eigenvalue weighted by atomic mass is 79.9. The first-order valence-electron chi connectivity index (χ1n) is 7.48. The number of rotatable bonds is 6. The van der Waals surface area contributed by atoms with Gasteiger partial charge in [0.2, 0.25) is 5.91 Å². The summed E-state index contributed by atoms with van der Waals surface area (Å²) in [5.41, 5.74) is 7.20. The summed E-state index contributed by atoms with van der Waals surface area (Å²) < 4.78 is 0.852. The number of amides is 1. The Morgan fingerprint density at radius 1 is 1.29 bits per heavy atom. The first kappa shape index (κ1) is 18.5. The standard InChI is InChI=1S/C18H18BrClN2O2/c1-11(6-9-17(21)24)22-18(13-4-2-3-5-15(13)19)14-10-12(20)7-8-16(14)23/h2-5,7-8,10-11,23H,6,9H2,1H3,(H2,21,24). The Kier molecular flexibility index (Phi) is 6.40. The number of phenolic OH excluding ortho intramolecular Hbond substituents is 1. The Hall–Kier alpha value is -1.85. The zero-order valence-electron chi connectivity index (χ0n) is 13.2. The van der Waals surface area contributed by atoms with E-state index in [0.717, 1.165) is 10.0 Å². The van der Waals surface area contributed by atoms with Gasteiger partial charge in [-0.2, -0.15) is 0 Å². The molecule has 0 aliphatic heterocycles. The van der Waals surface area contributed by atoms with Crippen LogP contribution in [0.4, 0.5) is 0 Å². The second-order valence-electron chi connectivity index (χ2n) is 5.47. The van der Waals surface area contributed by atoms with Crippen molar-refractivity contribution >= 4 is 39.1 Å². The van der Waals surface area contributed by atoms with Crippen LogP contribution in [0.2, 0.25) is 5.02 Å². The average Bonchev–Trinajstić information content (AvgIpc) is 2.54. The minimum atomic E-state index is -0.356. The number of hydrogen-bond acceptors (Lipinski definition) is 3. The van der Waals surface area contributed by atoms with E-state index in [1.807, 2.05) is 31.2 Å². The molecule has 0 heterocycles. The summed E-state index contributed by atoms with van der Waals surface area (Å²) in [5, 5.41) is 10.8. The topological polar surface area (TPSA) is 75.7 Å². The highest BCUT2D eigenvalue weighted by Crippen LogP contribution is 2.28. The van der Waals surface area contributed by atoms with Crippen LogP contribution in [0.5, 0.6) is 5.75 Å². The third-order valence-corrected chi connectivity index (χ3v) is 4.43. The van der Waals surface area contributed by atoms with Gasteiger partial charge in [0.05, 0.1) is 5.71 Å². The average molecular weight is 410 g/mol. The molecule has 0 aliphatic carbocycles. The highest BCUT2D eigenvalue weighted by molar-refractivity contribution is 9.10. The molecule has 0 spiro atoms. The number of carbonyl (C=O) groups is 1. The Morgan fingerprint density at radius 2 is 2.00 bits per heavy atom. The van der Waals surface area contributed by atoms with Gasteiger partial charge in [-0.3, -0.25) is 9.79 Å². The predicted molar refractivity (Wildman–Crippen MR) is 101 cm³/mol. The number of hydrogen-bond donors (Lipinski definition) is 2. The number of benzene rings is 2. The Labute approximate surface area is 154 Å². The molecule has 2 aromatic carbocycles. The van der Waals surface area contributed by atoms with Crippen molar-refractivity contribution in [3.63, 3.8) is 0 Å². The zero-order valence-corrected chi connectivity index (χ0v) is 15.5. The summed E-state index contributed by atoms with van der Waals surface area (Å²) in [4.78, 5) is 15.7. The summed E-state index contributed by atoms with van der Waals surface area (Å²) in [7, 11) is 0. The zero-order chi connectivity index (χ0) is 17.7. The first-order chi connectivity index (χ1) is 11.4. The third-order valence-electron chi connectivity index (χ3n) is 3.50. The summed E-state index contributed by atoms with van der Waals surface area (Å²) in [6.07, 6.45) is 0.792. The molecular formula is C18H18BrClN2O2. The van der Waals surface area contributed by atoms with Gasteiger partial charge in [-0.1, -0.05) is 45.7 Å².